The Balaban J connectivity index is 2.00. The van der Waals surface area contributed by atoms with Gasteiger partial charge in [-0.25, -0.2) is 0 Å². The second-order valence-corrected chi connectivity index (χ2v) is 6.09. The lowest BCUT2D eigenvalue weighted by molar-refractivity contribution is -0.130. The van der Waals surface area contributed by atoms with E-state index in [0.717, 1.165) is 45.4 Å². The van der Waals surface area contributed by atoms with Crippen LogP contribution in [-0.4, -0.2) is 54.7 Å². The molecule has 2 rings (SSSR count). The molecule has 1 amide bonds. The lowest BCUT2D eigenvalue weighted by Crippen LogP contribution is -2.62. The summed E-state index contributed by atoms with van der Waals surface area (Å²) < 4.78 is 5.37. The predicted octanol–water partition coefficient (Wildman–Crippen LogP) is 0.280. The molecule has 2 aliphatic heterocycles. The Morgan fingerprint density at radius 1 is 1.47 bits per heavy atom. The van der Waals surface area contributed by atoms with Gasteiger partial charge in [0.2, 0.25) is 5.91 Å². The van der Waals surface area contributed by atoms with E-state index in [4.69, 9.17) is 22.7 Å². The molecule has 2 aliphatic rings. The third kappa shape index (κ3) is 3.43. The molecule has 0 aromatic rings. The van der Waals surface area contributed by atoms with E-state index in [2.05, 4.69) is 17.3 Å². The lowest BCUT2D eigenvalue weighted by atomic mass is 9.86. The molecule has 2 heterocycles. The number of piperidine rings is 1. The van der Waals surface area contributed by atoms with Crippen molar-refractivity contribution in [2.45, 2.75) is 31.2 Å². The van der Waals surface area contributed by atoms with Crippen molar-refractivity contribution in [3.63, 3.8) is 0 Å². The molecule has 0 aromatic heterocycles. The van der Waals surface area contributed by atoms with Gasteiger partial charge >= 0.3 is 0 Å². The van der Waals surface area contributed by atoms with Gasteiger partial charge < -0.3 is 20.7 Å². The Hall–Kier alpha value is -0.720. The molecule has 1 atom stereocenters. The minimum absolute atomic E-state index is 0.0389. The van der Waals surface area contributed by atoms with Gasteiger partial charge in [0.15, 0.2) is 0 Å². The molecular formula is C13H23N3O2S. The van der Waals surface area contributed by atoms with Crippen LogP contribution in [0.25, 0.3) is 0 Å². The minimum Gasteiger partial charge on any atom is -0.391 e. The number of nitrogens with one attached hydrogen (secondary N) is 1. The number of hydrogen-bond donors (Lipinski definition) is 2. The predicted molar refractivity (Wildman–Crippen MR) is 77.9 cm³/mol. The van der Waals surface area contributed by atoms with Crippen molar-refractivity contribution in [1.29, 1.82) is 0 Å². The van der Waals surface area contributed by atoms with Gasteiger partial charge in [-0.2, -0.15) is 0 Å². The largest absolute Gasteiger partial charge is 0.391 e. The molecule has 0 aliphatic carbocycles. The van der Waals surface area contributed by atoms with Crippen molar-refractivity contribution in [2.75, 3.05) is 33.4 Å². The first kappa shape index (κ1) is 14.7. The molecule has 0 aromatic carbocycles. The van der Waals surface area contributed by atoms with E-state index in [1.54, 1.807) is 0 Å². The zero-order valence-corrected chi connectivity index (χ0v) is 12.3. The number of ether oxygens (including phenoxy) is 1. The summed E-state index contributed by atoms with van der Waals surface area (Å²) in [5.74, 6) is -0.0170. The van der Waals surface area contributed by atoms with Gasteiger partial charge in [-0.05, 0) is 32.7 Å². The van der Waals surface area contributed by atoms with E-state index >= 15 is 0 Å². The number of nitrogens with two attached hydrogens (primary N) is 1. The standard InChI is InChI=1S/C13H23N3O2S/c1-16-6-4-13(5-7-16,12(14)19)15-11(17)10-3-2-8-18-9-10/h10H,2-9H2,1H3,(H2,14,19)(H,15,17). The maximum atomic E-state index is 12.3. The lowest BCUT2D eigenvalue weighted by Gasteiger charge is -2.41. The first-order chi connectivity index (χ1) is 9.03. The van der Waals surface area contributed by atoms with E-state index in [0.29, 0.717) is 11.6 Å². The quantitative estimate of drug-likeness (QED) is 0.729. The van der Waals surface area contributed by atoms with Crippen LogP contribution in [0.3, 0.4) is 0 Å². The van der Waals surface area contributed by atoms with Crippen molar-refractivity contribution in [3.05, 3.63) is 0 Å². The number of nitrogens with zero attached hydrogens (tertiary/aromatic N) is 1. The summed E-state index contributed by atoms with van der Waals surface area (Å²) in [7, 11) is 2.07. The van der Waals surface area contributed by atoms with Gasteiger partial charge in [0.25, 0.3) is 0 Å². The topological polar surface area (TPSA) is 67.6 Å². The molecule has 2 saturated heterocycles. The maximum Gasteiger partial charge on any atom is 0.226 e. The van der Waals surface area contributed by atoms with E-state index in [-0.39, 0.29) is 11.8 Å². The number of carbonyl (C=O) groups excluding carboxylic acids is 1. The molecule has 0 radical (unpaired) electrons. The van der Waals surface area contributed by atoms with Crippen molar-refractivity contribution >= 4 is 23.1 Å². The number of thiocarbonyl (C=S) groups is 1. The van der Waals surface area contributed by atoms with Crippen LogP contribution in [0.5, 0.6) is 0 Å². The highest BCUT2D eigenvalue weighted by Crippen LogP contribution is 2.24. The SMILES string of the molecule is CN1CCC(NC(=O)C2CCCOC2)(C(N)=S)CC1. The van der Waals surface area contributed by atoms with E-state index in [9.17, 15) is 4.79 Å². The van der Waals surface area contributed by atoms with Crippen LogP contribution < -0.4 is 11.1 Å². The molecule has 5 nitrogen and oxygen atoms in total. The van der Waals surface area contributed by atoms with Gasteiger partial charge in [0.1, 0.15) is 0 Å². The Labute approximate surface area is 119 Å². The molecular weight excluding hydrogens is 262 g/mol. The van der Waals surface area contributed by atoms with Crippen LogP contribution in [0.1, 0.15) is 25.7 Å². The average Bonchev–Trinajstić information content (AvgIpc) is 2.42. The zero-order valence-electron chi connectivity index (χ0n) is 11.5. The summed E-state index contributed by atoms with van der Waals surface area (Å²) in [6.07, 6.45) is 3.41. The fraction of sp³-hybridized carbons (Fsp3) is 0.846. The maximum absolute atomic E-state index is 12.3. The fourth-order valence-corrected chi connectivity index (χ4v) is 2.97. The molecule has 2 fully saturated rings. The average molecular weight is 285 g/mol. The second kappa shape index (κ2) is 6.15. The van der Waals surface area contributed by atoms with Crippen LogP contribution in [0.4, 0.5) is 0 Å². The number of hydrogen-bond acceptors (Lipinski definition) is 4. The fourth-order valence-electron chi connectivity index (χ4n) is 2.72. The Morgan fingerprint density at radius 2 is 2.16 bits per heavy atom. The van der Waals surface area contributed by atoms with E-state index in [1.807, 2.05) is 0 Å². The van der Waals surface area contributed by atoms with Crippen LogP contribution >= 0.6 is 12.2 Å². The summed E-state index contributed by atoms with van der Waals surface area (Å²) >= 11 is 5.20. The Morgan fingerprint density at radius 3 is 2.68 bits per heavy atom. The number of carbonyl (C=O) groups is 1. The van der Waals surface area contributed by atoms with E-state index < -0.39 is 5.54 Å². The van der Waals surface area contributed by atoms with Crippen molar-refractivity contribution in [3.8, 4) is 0 Å². The Kier molecular flexibility index (Phi) is 4.76. The molecule has 0 spiro atoms. The first-order valence-electron chi connectivity index (χ1n) is 6.92. The van der Waals surface area contributed by atoms with Gasteiger partial charge in [-0.15, -0.1) is 0 Å². The molecule has 19 heavy (non-hydrogen) atoms. The third-order valence-corrected chi connectivity index (χ3v) is 4.60. The number of likely N-dealkylation sites (tertiary alicyclic amines) is 1. The molecule has 108 valence electrons. The Bertz CT molecular complexity index is 348. The zero-order chi connectivity index (χ0) is 13.9. The second-order valence-electron chi connectivity index (χ2n) is 5.65. The first-order valence-corrected chi connectivity index (χ1v) is 7.32. The summed E-state index contributed by atoms with van der Waals surface area (Å²) in [6, 6.07) is 0. The van der Waals surface area contributed by atoms with Crippen LogP contribution in [0.15, 0.2) is 0 Å². The molecule has 0 saturated carbocycles. The van der Waals surface area contributed by atoms with Crippen molar-refractivity contribution in [1.82, 2.24) is 10.2 Å². The molecule has 1 unspecified atom stereocenters. The van der Waals surface area contributed by atoms with Gasteiger partial charge in [-0.1, -0.05) is 12.2 Å². The number of rotatable bonds is 3. The van der Waals surface area contributed by atoms with Gasteiger partial charge in [0.05, 0.1) is 23.1 Å². The molecule has 6 heteroatoms. The highest BCUT2D eigenvalue weighted by Gasteiger charge is 2.39. The number of amides is 1. The van der Waals surface area contributed by atoms with Crippen LogP contribution in [0.2, 0.25) is 0 Å². The summed E-state index contributed by atoms with van der Waals surface area (Å²) in [6.45, 7) is 3.08. The van der Waals surface area contributed by atoms with Crippen LogP contribution in [-0.2, 0) is 9.53 Å². The van der Waals surface area contributed by atoms with Crippen molar-refractivity contribution in [2.24, 2.45) is 11.7 Å². The molecule has 0 bridgehead atoms. The highest BCUT2D eigenvalue weighted by atomic mass is 32.1. The molecule has 3 N–H and O–H groups in total. The minimum atomic E-state index is -0.504. The van der Waals surface area contributed by atoms with Gasteiger partial charge in [0, 0.05) is 19.7 Å². The van der Waals surface area contributed by atoms with Crippen molar-refractivity contribution < 1.29 is 9.53 Å². The smallest absolute Gasteiger partial charge is 0.226 e. The normalized spacial score (nSPS) is 27.7. The van der Waals surface area contributed by atoms with Gasteiger partial charge in [-0.3, -0.25) is 4.79 Å². The monoisotopic (exact) mass is 285 g/mol. The van der Waals surface area contributed by atoms with E-state index in [1.165, 1.54) is 0 Å². The van der Waals surface area contributed by atoms with Crippen LogP contribution in [0, 0.1) is 5.92 Å². The summed E-state index contributed by atoms with van der Waals surface area (Å²) in [4.78, 5) is 15.0. The summed E-state index contributed by atoms with van der Waals surface area (Å²) in [5, 5.41) is 3.11. The summed E-state index contributed by atoms with van der Waals surface area (Å²) in [5.41, 5.74) is 5.39. The third-order valence-electron chi connectivity index (χ3n) is 4.21. The highest BCUT2D eigenvalue weighted by molar-refractivity contribution is 7.80.